The van der Waals surface area contributed by atoms with Gasteiger partial charge < -0.3 is 14.9 Å². The van der Waals surface area contributed by atoms with E-state index in [2.05, 4.69) is 0 Å². The molecule has 0 fully saturated rings. The molecule has 1 atom stereocenters. The van der Waals surface area contributed by atoms with Crippen LogP contribution in [0.3, 0.4) is 0 Å². The van der Waals surface area contributed by atoms with Crippen LogP contribution in [0.5, 0.6) is 0 Å². The minimum Gasteiger partial charge on any atom is -0.480 e. The molecule has 0 rings (SSSR count). The Morgan fingerprint density at radius 1 is 0.917 bits per heavy atom. The molecule has 0 saturated heterocycles. The molecule has 0 saturated carbocycles. The van der Waals surface area contributed by atoms with E-state index in [1.807, 2.05) is 34.6 Å². The molecule has 6 nitrogen and oxygen atoms in total. The van der Waals surface area contributed by atoms with E-state index in [1.54, 1.807) is 11.8 Å². The zero-order valence-corrected chi connectivity index (χ0v) is 16.0. The molecule has 24 heavy (non-hydrogen) atoms. The monoisotopic (exact) mass is 342 g/mol. The van der Waals surface area contributed by atoms with Crippen molar-refractivity contribution in [2.24, 2.45) is 0 Å². The minimum absolute atomic E-state index is 0.0118. The Kier molecular flexibility index (Phi) is 10.3. The molecule has 0 heterocycles. The molecular weight excluding hydrogens is 308 g/mol. The van der Waals surface area contributed by atoms with E-state index in [4.69, 9.17) is 0 Å². The van der Waals surface area contributed by atoms with Crippen molar-refractivity contribution in [3.63, 3.8) is 0 Å². The van der Waals surface area contributed by atoms with Crippen LogP contribution >= 0.6 is 0 Å². The number of hydrogen-bond donors (Lipinski definition) is 1. The standard InChI is InChI=1S/C18H34N2O4/c1-7-9-10-11-16(21)19(8-2)15(18(23)24)12-17(22)20(13(3)4)14(5)6/h13-15H,7-12H2,1-6H3,(H,23,24)/t15-/m0/s1. The Morgan fingerprint density at radius 2 is 1.46 bits per heavy atom. The zero-order chi connectivity index (χ0) is 18.9. The van der Waals surface area contributed by atoms with Crippen LogP contribution in [-0.4, -0.2) is 57.4 Å². The zero-order valence-electron chi connectivity index (χ0n) is 16.0. The summed E-state index contributed by atoms with van der Waals surface area (Å²) in [6, 6.07) is -1.12. The lowest BCUT2D eigenvalue weighted by atomic mass is 10.1. The molecule has 1 N–H and O–H groups in total. The molecule has 0 aromatic rings. The molecule has 0 spiro atoms. The third-order valence-corrected chi connectivity index (χ3v) is 4.09. The molecule has 140 valence electrons. The largest absolute Gasteiger partial charge is 0.480 e. The van der Waals surface area contributed by atoms with Gasteiger partial charge in [-0.3, -0.25) is 9.59 Å². The van der Waals surface area contributed by atoms with E-state index in [0.29, 0.717) is 13.0 Å². The van der Waals surface area contributed by atoms with Crippen LogP contribution < -0.4 is 0 Å². The van der Waals surface area contributed by atoms with Crippen LogP contribution in [-0.2, 0) is 14.4 Å². The predicted molar refractivity (Wildman–Crippen MR) is 94.7 cm³/mol. The highest BCUT2D eigenvalue weighted by atomic mass is 16.4. The molecule has 0 radical (unpaired) electrons. The lowest BCUT2D eigenvalue weighted by Crippen LogP contribution is -2.50. The fraction of sp³-hybridized carbons (Fsp3) is 0.833. The summed E-state index contributed by atoms with van der Waals surface area (Å²) in [6.45, 7) is 11.7. The van der Waals surface area contributed by atoms with Gasteiger partial charge in [-0.15, -0.1) is 0 Å². The van der Waals surface area contributed by atoms with Crippen LogP contribution in [0.15, 0.2) is 0 Å². The summed E-state index contributed by atoms with van der Waals surface area (Å²) < 4.78 is 0. The normalized spacial score (nSPS) is 12.3. The van der Waals surface area contributed by atoms with Crippen molar-refractivity contribution in [1.29, 1.82) is 0 Å². The maximum Gasteiger partial charge on any atom is 0.326 e. The number of unbranched alkanes of at least 4 members (excludes halogenated alkanes) is 2. The molecule has 0 bridgehead atoms. The topological polar surface area (TPSA) is 77.9 Å². The highest BCUT2D eigenvalue weighted by Crippen LogP contribution is 2.15. The first-order valence-corrected chi connectivity index (χ1v) is 9.00. The second-order valence-electron chi connectivity index (χ2n) is 6.68. The van der Waals surface area contributed by atoms with Gasteiger partial charge in [-0.25, -0.2) is 4.79 Å². The molecular formula is C18H34N2O4. The number of rotatable bonds is 11. The predicted octanol–water partition coefficient (Wildman–Crippen LogP) is 2.90. The van der Waals surface area contributed by atoms with E-state index in [9.17, 15) is 19.5 Å². The van der Waals surface area contributed by atoms with E-state index in [1.165, 1.54) is 4.90 Å². The van der Waals surface area contributed by atoms with Gasteiger partial charge in [0.1, 0.15) is 6.04 Å². The van der Waals surface area contributed by atoms with E-state index >= 15 is 0 Å². The maximum absolute atomic E-state index is 12.6. The number of nitrogens with zero attached hydrogens (tertiary/aromatic N) is 2. The Labute approximate surface area is 146 Å². The fourth-order valence-corrected chi connectivity index (χ4v) is 3.01. The van der Waals surface area contributed by atoms with Crippen molar-refractivity contribution in [3.05, 3.63) is 0 Å². The molecule has 0 aliphatic heterocycles. The van der Waals surface area contributed by atoms with Gasteiger partial charge in [0.2, 0.25) is 11.8 Å². The minimum atomic E-state index is -1.12. The van der Waals surface area contributed by atoms with Crippen molar-refractivity contribution in [1.82, 2.24) is 9.80 Å². The van der Waals surface area contributed by atoms with Crippen molar-refractivity contribution in [2.45, 2.75) is 91.8 Å². The summed E-state index contributed by atoms with van der Waals surface area (Å²) in [5.74, 6) is -1.54. The van der Waals surface area contributed by atoms with Crippen molar-refractivity contribution in [3.8, 4) is 0 Å². The summed E-state index contributed by atoms with van der Waals surface area (Å²) in [5.41, 5.74) is 0. The SMILES string of the molecule is CCCCCC(=O)N(CC)[C@@H](CC(=O)N(C(C)C)C(C)C)C(=O)O. The first kappa shape index (κ1) is 22.4. The second kappa shape index (κ2) is 11.0. The van der Waals surface area contributed by atoms with Gasteiger partial charge in [0.15, 0.2) is 0 Å². The average Bonchev–Trinajstić information content (AvgIpc) is 2.46. The van der Waals surface area contributed by atoms with Gasteiger partial charge in [0.05, 0.1) is 6.42 Å². The van der Waals surface area contributed by atoms with E-state index < -0.39 is 12.0 Å². The average molecular weight is 342 g/mol. The molecule has 0 aliphatic rings. The Morgan fingerprint density at radius 3 is 1.83 bits per heavy atom. The van der Waals surface area contributed by atoms with Crippen LogP contribution in [0.2, 0.25) is 0 Å². The van der Waals surface area contributed by atoms with E-state index in [-0.39, 0.29) is 30.3 Å². The molecule has 2 amide bonds. The summed E-state index contributed by atoms with van der Waals surface area (Å²) in [7, 11) is 0. The number of carboxylic acid groups (broad SMARTS) is 1. The number of carbonyl (C=O) groups excluding carboxylic acids is 2. The first-order valence-electron chi connectivity index (χ1n) is 9.00. The van der Waals surface area contributed by atoms with Crippen molar-refractivity contribution < 1.29 is 19.5 Å². The number of amides is 2. The van der Waals surface area contributed by atoms with Crippen molar-refractivity contribution in [2.75, 3.05) is 6.54 Å². The van der Waals surface area contributed by atoms with Crippen LogP contribution in [0, 0.1) is 0 Å². The summed E-state index contributed by atoms with van der Waals surface area (Å²) in [6.07, 6.45) is 2.83. The lowest BCUT2D eigenvalue weighted by Gasteiger charge is -2.34. The summed E-state index contributed by atoms with van der Waals surface area (Å²) >= 11 is 0. The number of likely N-dealkylation sites (N-methyl/N-ethyl adjacent to an activating group) is 1. The molecule has 6 heteroatoms. The Balaban J connectivity index is 5.14. The lowest BCUT2D eigenvalue weighted by molar-refractivity contribution is -0.153. The Hall–Kier alpha value is -1.59. The first-order chi connectivity index (χ1) is 11.2. The number of carbonyl (C=O) groups is 3. The number of aliphatic carboxylic acids is 1. The Bertz CT molecular complexity index is 413. The van der Waals surface area contributed by atoms with E-state index in [0.717, 1.165) is 19.3 Å². The smallest absolute Gasteiger partial charge is 0.326 e. The van der Waals surface area contributed by atoms with Crippen molar-refractivity contribution >= 4 is 17.8 Å². The molecule has 0 aromatic heterocycles. The van der Waals surface area contributed by atoms with Crippen LogP contribution in [0.4, 0.5) is 0 Å². The highest BCUT2D eigenvalue weighted by molar-refractivity contribution is 5.89. The third kappa shape index (κ3) is 6.89. The highest BCUT2D eigenvalue weighted by Gasteiger charge is 2.33. The quantitative estimate of drug-likeness (QED) is 0.586. The number of hydrogen-bond acceptors (Lipinski definition) is 3. The molecule has 0 unspecified atom stereocenters. The van der Waals surface area contributed by atoms with Crippen LogP contribution in [0.1, 0.15) is 73.6 Å². The van der Waals surface area contributed by atoms with Gasteiger partial charge in [0, 0.05) is 25.0 Å². The van der Waals surface area contributed by atoms with Gasteiger partial charge >= 0.3 is 5.97 Å². The number of carboxylic acids is 1. The fourth-order valence-electron chi connectivity index (χ4n) is 3.01. The summed E-state index contributed by atoms with van der Waals surface area (Å²) in [4.78, 5) is 39.6. The van der Waals surface area contributed by atoms with Gasteiger partial charge in [-0.05, 0) is 41.0 Å². The van der Waals surface area contributed by atoms with Gasteiger partial charge in [0.25, 0.3) is 0 Å². The molecule has 0 aromatic carbocycles. The van der Waals surface area contributed by atoms with Crippen LogP contribution in [0.25, 0.3) is 0 Å². The molecule has 0 aliphatic carbocycles. The second-order valence-corrected chi connectivity index (χ2v) is 6.68. The van der Waals surface area contributed by atoms with Gasteiger partial charge in [-0.2, -0.15) is 0 Å². The third-order valence-electron chi connectivity index (χ3n) is 4.09. The maximum atomic E-state index is 12.6. The summed E-state index contributed by atoms with van der Waals surface area (Å²) in [5, 5.41) is 9.54. The van der Waals surface area contributed by atoms with Gasteiger partial charge in [-0.1, -0.05) is 19.8 Å².